The van der Waals surface area contributed by atoms with Crippen LogP contribution in [0, 0.1) is 0 Å². The van der Waals surface area contributed by atoms with E-state index in [0.717, 1.165) is 0 Å². The molecule has 2 aromatic heterocycles. The van der Waals surface area contributed by atoms with Gasteiger partial charge in [-0.05, 0) is 12.1 Å². The molecule has 1 N–H and O–H groups in total. The van der Waals surface area contributed by atoms with Crippen LogP contribution in [0.5, 0.6) is 0 Å². The molecule has 0 aliphatic heterocycles. The normalized spacial score (nSPS) is 10.3. The number of aromatic nitrogens is 3. The Labute approximate surface area is 117 Å². The molecule has 0 fully saturated rings. The maximum atomic E-state index is 11.6. The van der Waals surface area contributed by atoms with Crippen molar-refractivity contribution in [2.75, 3.05) is 7.11 Å². The number of pyridine rings is 1. The molecule has 0 amide bonds. The second-order valence-corrected chi connectivity index (χ2v) is 4.30. The van der Waals surface area contributed by atoms with Gasteiger partial charge in [-0.2, -0.15) is 0 Å². The van der Waals surface area contributed by atoms with E-state index in [9.17, 15) is 14.4 Å². The molecule has 0 aliphatic carbocycles. The smallest absolute Gasteiger partial charge is 0.339 e. The van der Waals surface area contributed by atoms with Gasteiger partial charge in [0.25, 0.3) is 5.56 Å². The zero-order valence-corrected chi connectivity index (χ0v) is 11.2. The maximum Gasteiger partial charge on any atom is 0.339 e. The zero-order valence-electron chi connectivity index (χ0n) is 10.4. The van der Waals surface area contributed by atoms with Crippen LogP contribution in [0.25, 0.3) is 0 Å². The second kappa shape index (κ2) is 5.70. The average molecular weight is 296 g/mol. The quantitative estimate of drug-likeness (QED) is 0.828. The van der Waals surface area contributed by atoms with Gasteiger partial charge < -0.3 is 4.74 Å². The summed E-state index contributed by atoms with van der Waals surface area (Å²) in [6.45, 7) is 0.122. The molecule has 104 valence electrons. The standard InChI is InChI=1S/C12H10ClN3O4/c1-20-11(18)7-2-3-8(14-4-7)5-16-6-9(13)10(17)15-12(16)19/h2-4,6H,5H2,1H3,(H,15,17,19). The first-order chi connectivity index (χ1) is 9.51. The molecule has 8 heteroatoms. The summed E-state index contributed by atoms with van der Waals surface area (Å²) in [6.07, 6.45) is 2.58. The monoisotopic (exact) mass is 295 g/mol. The van der Waals surface area contributed by atoms with Crippen molar-refractivity contribution in [3.8, 4) is 0 Å². The average Bonchev–Trinajstić information content (AvgIpc) is 2.44. The van der Waals surface area contributed by atoms with Crippen molar-refractivity contribution in [1.29, 1.82) is 0 Å². The van der Waals surface area contributed by atoms with Crippen molar-refractivity contribution in [3.05, 3.63) is 61.6 Å². The lowest BCUT2D eigenvalue weighted by Gasteiger charge is -2.05. The number of methoxy groups -OCH3 is 1. The van der Waals surface area contributed by atoms with Crippen molar-refractivity contribution >= 4 is 17.6 Å². The number of hydrogen-bond donors (Lipinski definition) is 1. The Morgan fingerprint density at radius 1 is 1.45 bits per heavy atom. The lowest BCUT2D eigenvalue weighted by Crippen LogP contribution is -2.30. The predicted octanol–water partition coefficient (Wildman–Crippen LogP) is 0.420. The van der Waals surface area contributed by atoms with Crippen LogP contribution in [-0.4, -0.2) is 27.6 Å². The first kappa shape index (κ1) is 14.0. The number of nitrogens with one attached hydrogen (secondary N) is 1. The number of ether oxygens (including phenoxy) is 1. The van der Waals surface area contributed by atoms with Gasteiger partial charge in [0.1, 0.15) is 5.02 Å². The molecule has 0 saturated carbocycles. The summed E-state index contributed by atoms with van der Waals surface area (Å²) in [4.78, 5) is 40.1. The summed E-state index contributed by atoms with van der Waals surface area (Å²) in [7, 11) is 1.28. The van der Waals surface area contributed by atoms with Gasteiger partial charge in [0.05, 0.1) is 24.9 Å². The van der Waals surface area contributed by atoms with Gasteiger partial charge in [-0.1, -0.05) is 11.6 Å². The van der Waals surface area contributed by atoms with E-state index in [-0.39, 0.29) is 11.6 Å². The molecule has 0 saturated heterocycles. The highest BCUT2D eigenvalue weighted by molar-refractivity contribution is 6.30. The number of hydrogen-bond acceptors (Lipinski definition) is 5. The Balaban J connectivity index is 2.27. The minimum Gasteiger partial charge on any atom is -0.465 e. The van der Waals surface area contributed by atoms with Crippen LogP contribution < -0.4 is 11.2 Å². The molecule has 2 heterocycles. The van der Waals surface area contributed by atoms with Gasteiger partial charge in [-0.3, -0.25) is 19.3 Å². The molecule has 20 heavy (non-hydrogen) atoms. The molecular formula is C12H10ClN3O4. The van der Waals surface area contributed by atoms with Gasteiger partial charge in [-0.25, -0.2) is 9.59 Å². The first-order valence-corrected chi connectivity index (χ1v) is 5.91. The van der Waals surface area contributed by atoms with Gasteiger partial charge in [0, 0.05) is 12.4 Å². The van der Waals surface area contributed by atoms with Gasteiger partial charge in [0.2, 0.25) is 0 Å². The van der Waals surface area contributed by atoms with Crippen LogP contribution in [0.15, 0.2) is 34.1 Å². The summed E-state index contributed by atoms with van der Waals surface area (Å²) in [5, 5.41) is -0.0872. The number of carbonyl (C=O) groups is 1. The van der Waals surface area contributed by atoms with Crippen LogP contribution in [0.3, 0.4) is 0 Å². The topological polar surface area (TPSA) is 94.0 Å². The van der Waals surface area contributed by atoms with Crippen molar-refractivity contribution < 1.29 is 9.53 Å². The molecule has 0 aliphatic rings. The molecule has 0 aromatic carbocycles. The van der Waals surface area contributed by atoms with Crippen LogP contribution >= 0.6 is 11.6 Å². The van der Waals surface area contributed by atoms with Crippen molar-refractivity contribution in [2.45, 2.75) is 6.54 Å². The van der Waals surface area contributed by atoms with Crippen molar-refractivity contribution in [2.24, 2.45) is 0 Å². The molecule has 0 radical (unpaired) electrons. The van der Waals surface area contributed by atoms with E-state index in [4.69, 9.17) is 11.6 Å². The van der Waals surface area contributed by atoms with Gasteiger partial charge in [-0.15, -0.1) is 0 Å². The number of halogens is 1. The van der Waals surface area contributed by atoms with Gasteiger partial charge in [0.15, 0.2) is 0 Å². The van der Waals surface area contributed by atoms with E-state index in [2.05, 4.69) is 14.7 Å². The number of nitrogens with zero attached hydrogens (tertiary/aromatic N) is 2. The molecule has 0 unspecified atom stereocenters. The Morgan fingerprint density at radius 2 is 2.20 bits per heavy atom. The van der Waals surface area contributed by atoms with E-state index >= 15 is 0 Å². The molecule has 2 aromatic rings. The SMILES string of the molecule is COC(=O)c1ccc(Cn2cc(Cl)c(=O)[nH]c2=O)nc1. The third-order valence-corrected chi connectivity index (χ3v) is 2.81. The molecule has 0 spiro atoms. The molecule has 0 bridgehead atoms. The van der Waals surface area contributed by atoms with Crippen LogP contribution in [0.4, 0.5) is 0 Å². The predicted molar refractivity (Wildman–Crippen MR) is 71.0 cm³/mol. The number of rotatable bonds is 3. The lowest BCUT2D eigenvalue weighted by molar-refractivity contribution is 0.0600. The molecule has 2 rings (SSSR count). The second-order valence-electron chi connectivity index (χ2n) is 3.89. The Morgan fingerprint density at radius 3 is 2.80 bits per heavy atom. The third-order valence-electron chi connectivity index (χ3n) is 2.55. The van der Waals surface area contributed by atoms with E-state index in [1.807, 2.05) is 0 Å². The minimum absolute atomic E-state index is 0.0872. The highest BCUT2D eigenvalue weighted by Crippen LogP contribution is 2.04. The number of H-pyrrole nitrogens is 1. The first-order valence-electron chi connectivity index (χ1n) is 5.54. The van der Waals surface area contributed by atoms with Gasteiger partial charge >= 0.3 is 11.7 Å². The van der Waals surface area contributed by atoms with Crippen LogP contribution in [0.2, 0.25) is 5.02 Å². The van der Waals surface area contributed by atoms with E-state index in [0.29, 0.717) is 11.3 Å². The Kier molecular flexibility index (Phi) is 3.99. The molecular weight excluding hydrogens is 286 g/mol. The zero-order chi connectivity index (χ0) is 14.7. The Bertz CT molecular complexity index is 749. The Hall–Kier alpha value is -2.41. The fourth-order valence-electron chi connectivity index (χ4n) is 1.53. The molecule has 7 nitrogen and oxygen atoms in total. The summed E-state index contributed by atoms with van der Waals surface area (Å²) in [5.41, 5.74) is -0.383. The summed E-state index contributed by atoms with van der Waals surface area (Å²) < 4.78 is 5.76. The summed E-state index contributed by atoms with van der Waals surface area (Å²) >= 11 is 5.65. The highest BCUT2D eigenvalue weighted by atomic mass is 35.5. The minimum atomic E-state index is -0.637. The number of carbonyl (C=O) groups excluding carboxylic acids is 1. The highest BCUT2D eigenvalue weighted by Gasteiger charge is 2.07. The largest absolute Gasteiger partial charge is 0.465 e. The summed E-state index contributed by atoms with van der Waals surface area (Å²) in [6, 6.07) is 3.12. The maximum absolute atomic E-state index is 11.6. The van der Waals surface area contributed by atoms with Crippen LogP contribution in [0.1, 0.15) is 16.1 Å². The van der Waals surface area contributed by atoms with Crippen molar-refractivity contribution in [1.82, 2.24) is 14.5 Å². The molecule has 0 atom stereocenters. The fraction of sp³-hybridized carbons (Fsp3) is 0.167. The van der Waals surface area contributed by atoms with E-state index in [1.54, 1.807) is 6.07 Å². The van der Waals surface area contributed by atoms with E-state index in [1.165, 1.54) is 30.1 Å². The lowest BCUT2D eigenvalue weighted by atomic mass is 10.2. The summed E-state index contributed by atoms with van der Waals surface area (Å²) in [5.74, 6) is -0.492. The number of aromatic amines is 1. The van der Waals surface area contributed by atoms with Crippen LogP contribution in [-0.2, 0) is 11.3 Å². The third kappa shape index (κ3) is 2.94. The number of esters is 1. The fourth-order valence-corrected chi connectivity index (χ4v) is 1.70. The van der Waals surface area contributed by atoms with Crippen molar-refractivity contribution in [3.63, 3.8) is 0 Å². The van der Waals surface area contributed by atoms with E-state index < -0.39 is 17.2 Å².